The summed E-state index contributed by atoms with van der Waals surface area (Å²) in [7, 11) is 0. The summed E-state index contributed by atoms with van der Waals surface area (Å²) in [5.41, 5.74) is -0.557. The van der Waals surface area contributed by atoms with E-state index in [2.05, 4.69) is 12.8 Å². The Labute approximate surface area is 66.2 Å². The number of aliphatic hydroxyl groups is 1. The van der Waals surface area contributed by atoms with Gasteiger partial charge in [-0.2, -0.15) is 11.8 Å². The minimum absolute atomic E-state index is 0.504. The second kappa shape index (κ2) is 2.86. The molecule has 0 aromatic rings. The van der Waals surface area contributed by atoms with Crippen molar-refractivity contribution in [3.63, 3.8) is 0 Å². The first-order valence-corrected chi connectivity index (χ1v) is 4.49. The van der Waals surface area contributed by atoms with E-state index in [-0.39, 0.29) is 0 Å². The van der Waals surface area contributed by atoms with Crippen molar-refractivity contribution in [1.82, 2.24) is 0 Å². The standard InChI is InChI=1S/C8H12OS/c1-3-4-8(9)5-7(2)10-6-8/h1,7,9H,4-6H2,2H3. The Balaban J connectivity index is 2.48. The molecule has 1 heterocycles. The van der Waals surface area contributed by atoms with Crippen LogP contribution in [0, 0.1) is 12.3 Å². The van der Waals surface area contributed by atoms with Crippen molar-refractivity contribution < 1.29 is 5.11 Å². The van der Waals surface area contributed by atoms with Crippen LogP contribution in [-0.4, -0.2) is 21.7 Å². The maximum atomic E-state index is 9.70. The number of terminal acetylenes is 1. The molecule has 2 atom stereocenters. The number of rotatable bonds is 1. The van der Waals surface area contributed by atoms with Crippen molar-refractivity contribution in [3.05, 3.63) is 0 Å². The van der Waals surface area contributed by atoms with Crippen molar-refractivity contribution in [1.29, 1.82) is 0 Å². The molecule has 1 N–H and O–H groups in total. The van der Waals surface area contributed by atoms with E-state index in [1.54, 1.807) is 11.8 Å². The average Bonchev–Trinajstić information content (AvgIpc) is 2.12. The normalized spacial score (nSPS) is 39.5. The summed E-state index contributed by atoms with van der Waals surface area (Å²) in [6.45, 7) is 2.12. The molecule has 1 saturated heterocycles. The molecule has 0 spiro atoms. The van der Waals surface area contributed by atoms with Gasteiger partial charge in [-0.15, -0.1) is 12.3 Å². The van der Waals surface area contributed by atoms with Crippen molar-refractivity contribution >= 4 is 11.8 Å². The summed E-state index contributed by atoms with van der Waals surface area (Å²) in [5.74, 6) is 3.31. The minimum Gasteiger partial charge on any atom is -0.388 e. The third kappa shape index (κ3) is 1.68. The van der Waals surface area contributed by atoms with E-state index >= 15 is 0 Å². The molecular formula is C8H12OS. The van der Waals surface area contributed by atoms with Crippen LogP contribution in [0.3, 0.4) is 0 Å². The van der Waals surface area contributed by atoms with Crippen LogP contribution in [0.25, 0.3) is 0 Å². The SMILES string of the molecule is C#CCC1(O)CSC(C)C1. The van der Waals surface area contributed by atoms with Crippen LogP contribution in [0.4, 0.5) is 0 Å². The molecule has 2 heteroatoms. The van der Waals surface area contributed by atoms with Crippen LogP contribution < -0.4 is 0 Å². The second-order valence-corrected chi connectivity index (χ2v) is 4.36. The fourth-order valence-corrected chi connectivity index (χ4v) is 2.51. The Kier molecular flexibility index (Phi) is 2.28. The fraction of sp³-hybridized carbons (Fsp3) is 0.750. The molecule has 1 aliphatic rings. The molecule has 1 fully saturated rings. The Hall–Kier alpha value is -0.130. The van der Waals surface area contributed by atoms with Crippen LogP contribution >= 0.6 is 11.8 Å². The molecule has 0 aromatic carbocycles. The van der Waals surface area contributed by atoms with Gasteiger partial charge in [0.2, 0.25) is 0 Å². The molecule has 1 nitrogen and oxygen atoms in total. The molecule has 2 unspecified atom stereocenters. The van der Waals surface area contributed by atoms with Crippen LogP contribution in [0.5, 0.6) is 0 Å². The molecule has 0 bridgehead atoms. The fourth-order valence-electron chi connectivity index (χ4n) is 1.26. The summed E-state index contributed by atoms with van der Waals surface area (Å²) < 4.78 is 0. The quantitative estimate of drug-likeness (QED) is 0.577. The van der Waals surface area contributed by atoms with Crippen molar-refractivity contribution in [2.24, 2.45) is 0 Å². The van der Waals surface area contributed by atoms with Crippen LogP contribution in [0.15, 0.2) is 0 Å². The molecule has 0 radical (unpaired) electrons. The van der Waals surface area contributed by atoms with E-state index in [9.17, 15) is 5.11 Å². The molecule has 10 heavy (non-hydrogen) atoms. The Morgan fingerprint density at radius 3 is 3.00 bits per heavy atom. The topological polar surface area (TPSA) is 20.2 Å². The molecular weight excluding hydrogens is 144 g/mol. The maximum absolute atomic E-state index is 9.70. The highest BCUT2D eigenvalue weighted by atomic mass is 32.2. The zero-order chi connectivity index (χ0) is 7.61. The van der Waals surface area contributed by atoms with Gasteiger partial charge in [0.25, 0.3) is 0 Å². The predicted octanol–water partition coefficient (Wildman–Crippen LogP) is 1.27. The molecule has 1 aliphatic heterocycles. The first-order valence-electron chi connectivity index (χ1n) is 3.44. The van der Waals surface area contributed by atoms with Gasteiger partial charge in [-0.3, -0.25) is 0 Å². The van der Waals surface area contributed by atoms with Crippen LogP contribution in [-0.2, 0) is 0 Å². The van der Waals surface area contributed by atoms with Gasteiger partial charge in [0, 0.05) is 17.4 Å². The van der Waals surface area contributed by atoms with E-state index in [1.807, 2.05) is 0 Å². The Morgan fingerprint density at radius 2 is 2.60 bits per heavy atom. The molecule has 56 valence electrons. The van der Waals surface area contributed by atoms with Crippen molar-refractivity contribution in [3.8, 4) is 12.3 Å². The van der Waals surface area contributed by atoms with Gasteiger partial charge < -0.3 is 5.11 Å². The van der Waals surface area contributed by atoms with Gasteiger partial charge in [-0.05, 0) is 6.42 Å². The van der Waals surface area contributed by atoms with E-state index in [0.717, 1.165) is 12.2 Å². The predicted molar refractivity (Wildman–Crippen MR) is 44.9 cm³/mol. The lowest BCUT2D eigenvalue weighted by atomic mass is 9.97. The van der Waals surface area contributed by atoms with Crippen molar-refractivity contribution in [2.75, 3.05) is 5.75 Å². The molecule has 0 aliphatic carbocycles. The lowest BCUT2D eigenvalue weighted by Crippen LogP contribution is -2.27. The minimum atomic E-state index is -0.557. The van der Waals surface area contributed by atoms with Crippen LogP contribution in [0.1, 0.15) is 19.8 Å². The Morgan fingerprint density at radius 1 is 1.90 bits per heavy atom. The zero-order valence-electron chi connectivity index (χ0n) is 6.13. The maximum Gasteiger partial charge on any atom is 0.0856 e. The third-order valence-corrected chi connectivity index (χ3v) is 3.17. The van der Waals surface area contributed by atoms with E-state index < -0.39 is 5.60 Å². The highest BCUT2D eigenvalue weighted by molar-refractivity contribution is 8.00. The molecule has 0 aromatic heterocycles. The Bertz CT molecular complexity index is 161. The molecule has 0 amide bonds. The van der Waals surface area contributed by atoms with E-state index in [1.165, 1.54) is 0 Å². The smallest absolute Gasteiger partial charge is 0.0856 e. The average molecular weight is 156 g/mol. The summed E-state index contributed by atoms with van der Waals surface area (Å²) in [5, 5.41) is 10.3. The zero-order valence-corrected chi connectivity index (χ0v) is 6.95. The lowest BCUT2D eigenvalue weighted by molar-refractivity contribution is 0.0694. The van der Waals surface area contributed by atoms with Gasteiger partial charge in [-0.1, -0.05) is 6.92 Å². The number of hydrogen-bond donors (Lipinski definition) is 1. The molecule has 1 rings (SSSR count). The van der Waals surface area contributed by atoms with Gasteiger partial charge in [-0.25, -0.2) is 0 Å². The second-order valence-electron chi connectivity index (χ2n) is 2.93. The largest absolute Gasteiger partial charge is 0.388 e. The van der Waals surface area contributed by atoms with Gasteiger partial charge in [0.05, 0.1) is 5.60 Å². The summed E-state index contributed by atoms with van der Waals surface area (Å²) in [6, 6.07) is 0. The van der Waals surface area contributed by atoms with E-state index in [0.29, 0.717) is 11.7 Å². The van der Waals surface area contributed by atoms with Gasteiger partial charge >= 0.3 is 0 Å². The lowest BCUT2D eigenvalue weighted by Gasteiger charge is -2.17. The van der Waals surface area contributed by atoms with E-state index in [4.69, 9.17) is 6.42 Å². The van der Waals surface area contributed by atoms with Gasteiger partial charge in [0.1, 0.15) is 0 Å². The first-order chi connectivity index (χ1) is 4.66. The summed E-state index contributed by atoms with van der Waals surface area (Å²) in [6.07, 6.45) is 6.47. The monoisotopic (exact) mass is 156 g/mol. The highest BCUT2D eigenvalue weighted by Crippen LogP contribution is 2.35. The highest BCUT2D eigenvalue weighted by Gasteiger charge is 2.34. The number of thioether (sulfide) groups is 1. The number of hydrogen-bond acceptors (Lipinski definition) is 2. The third-order valence-electron chi connectivity index (χ3n) is 1.74. The van der Waals surface area contributed by atoms with Gasteiger partial charge in [0.15, 0.2) is 0 Å². The summed E-state index contributed by atoms with van der Waals surface area (Å²) >= 11 is 1.80. The first kappa shape index (κ1) is 7.97. The molecule has 0 saturated carbocycles. The summed E-state index contributed by atoms with van der Waals surface area (Å²) in [4.78, 5) is 0. The van der Waals surface area contributed by atoms with Crippen molar-refractivity contribution in [2.45, 2.75) is 30.6 Å². The van der Waals surface area contributed by atoms with Crippen LogP contribution in [0.2, 0.25) is 0 Å².